The minimum atomic E-state index is -0.738. The first-order valence-electron chi connectivity index (χ1n) is 4.19. The molecule has 13 heavy (non-hydrogen) atoms. The zero-order valence-electron chi connectivity index (χ0n) is 7.23. The highest BCUT2D eigenvalue weighted by atomic mass is 16.5. The number of hydrogen-bond acceptors (Lipinski definition) is 3. The summed E-state index contributed by atoms with van der Waals surface area (Å²) >= 11 is 0. The average molecular weight is 178 g/mol. The van der Waals surface area contributed by atoms with E-state index in [1.54, 1.807) is 25.1 Å². The van der Waals surface area contributed by atoms with Crippen molar-refractivity contribution in [2.45, 2.75) is 13.0 Å². The van der Waals surface area contributed by atoms with Crippen molar-refractivity contribution in [1.82, 2.24) is 0 Å². The number of carbonyl (C=O) groups is 1. The van der Waals surface area contributed by atoms with Crippen LogP contribution in [0.4, 0.5) is 0 Å². The summed E-state index contributed by atoms with van der Waals surface area (Å²) in [4.78, 5) is 11.2. The normalized spacial score (nSPS) is 26.5. The number of benzene rings is 1. The summed E-state index contributed by atoms with van der Waals surface area (Å²) in [6.45, 7) is 1.66. The molecule has 1 aliphatic heterocycles. The molecule has 0 radical (unpaired) electrons. The van der Waals surface area contributed by atoms with Gasteiger partial charge in [0.05, 0.1) is 12.0 Å². The van der Waals surface area contributed by atoms with Crippen LogP contribution in [0.3, 0.4) is 0 Å². The van der Waals surface area contributed by atoms with Crippen LogP contribution >= 0.6 is 0 Å². The topological polar surface area (TPSA) is 46.5 Å². The van der Waals surface area contributed by atoms with E-state index in [4.69, 9.17) is 4.74 Å². The van der Waals surface area contributed by atoms with Crippen LogP contribution in [0.15, 0.2) is 24.3 Å². The molecule has 1 aliphatic rings. The summed E-state index contributed by atoms with van der Waals surface area (Å²) in [5, 5.41) is 9.70. The standard InChI is InChI=1S/C10H10O3/c1-6-9(11)7-4-2-3-5-8(7)13-10(6)12/h2-6,9,11H,1H3. The van der Waals surface area contributed by atoms with E-state index in [1.165, 1.54) is 0 Å². The van der Waals surface area contributed by atoms with Crippen LogP contribution in [-0.2, 0) is 4.79 Å². The van der Waals surface area contributed by atoms with Gasteiger partial charge in [0.15, 0.2) is 0 Å². The molecule has 0 saturated carbocycles. The fourth-order valence-electron chi connectivity index (χ4n) is 1.42. The van der Waals surface area contributed by atoms with Gasteiger partial charge in [-0.1, -0.05) is 18.2 Å². The van der Waals surface area contributed by atoms with Gasteiger partial charge in [-0.25, -0.2) is 0 Å². The van der Waals surface area contributed by atoms with E-state index in [-0.39, 0.29) is 5.97 Å². The lowest BCUT2D eigenvalue weighted by atomic mass is 9.94. The molecule has 0 saturated heterocycles. The SMILES string of the molecule is CC1C(=O)Oc2ccccc2C1O. The molecule has 1 aromatic rings. The number of esters is 1. The molecule has 3 nitrogen and oxygen atoms in total. The number of aliphatic hydroxyl groups is 1. The summed E-state index contributed by atoms with van der Waals surface area (Å²) in [5.74, 6) is -0.376. The van der Waals surface area contributed by atoms with Crippen LogP contribution in [0, 0.1) is 5.92 Å². The van der Waals surface area contributed by atoms with Crippen LogP contribution in [0.1, 0.15) is 18.6 Å². The maximum absolute atomic E-state index is 11.2. The van der Waals surface area contributed by atoms with Crippen LogP contribution in [-0.4, -0.2) is 11.1 Å². The van der Waals surface area contributed by atoms with E-state index < -0.39 is 12.0 Å². The Kier molecular flexibility index (Phi) is 1.81. The fourth-order valence-corrected chi connectivity index (χ4v) is 1.42. The van der Waals surface area contributed by atoms with Crippen LogP contribution in [0.2, 0.25) is 0 Å². The number of ether oxygens (including phenoxy) is 1. The Morgan fingerprint density at radius 2 is 2.08 bits per heavy atom. The van der Waals surface area contributed by atoms with E-state index in [9.17, 15) is 9.90 Å². The third kappa shape index (κ3) is 1.21. The molecule has 1 N–H and O–H groups in total. The Morgan fingerprint density at radius 3 is 2.85 bits per heavy atom. The lowest BCUT2D eigenvalue weighted by Crippen LogP contribution is -2.29. The molecule has 0 bridgehead atoms. The van der Waals surface area contributed by atoms with Gasteiger partial charge in [-0.15, -0.1) is 0 Å². The van der Waals surface area contributed by atoms with E-state index in [0.717, 1.165) is 0 Å². The molecule has 1 heterocycles. The first-order chi connectivity index (χ1) is 6.20. The van der Waals surface area contributed by atoms with Gasteiger partial charge in [0.1, 0.15) is 5.75 Å². The van der Waals surface area contributed by atoms with E-state index in [0.29, 0.717) is 11.3 Å². The van der Waals surface area contributed by atoms with Gasteiger partial charge in [0.25, 0.3) is 0 Å². The van der Waals surface area contributed by atoms with Crippen molar-refractivity contribution in [3.05, 3.63) is 29.8 Å². The van der Waals surface area contributed by atoms with E-state index in [1.807, 2.05) is 6.07 Å². The average Bonchev–Trinajstić information content (AvgIpc) is 2.15. The first-order valence-corrected chi connectivity index (χ1v) is 4.19. The summed E-state index contributed by atoms with van der Waals surface area (Å²) in [6.07, 6.45) is -0.738. The van der Waals surface area contributed by atoms with Crippen LogP contribution < -0.4 is 4.74 Å². The minimum absolute atomic E-state index is 0.369. The molecular formula is C10H10O3. The van der Waals surface area contributed by atoms with Crippen molar-refractivity contribution < 1.29 is 14.6 Å². The van der Waals surface area contributed by atoms with Crippen LogP contribution in [0.25, 0.3) is 0 Å². The maximum Gasteiger partial charge on any atom is 0.317 e. The molecule has 0 fully saturated rings. The molecule has 2 unspecified atom stereocenters. The smallest absolute Gasteiger partial charge is 0.317 e. The highest BCUT2D eigenvalue weighted by Crippen LogP contribution is 2.35. The van der Waals surface area contributed by atoms with Gasteiger partial charge in [0.2, 0.25) is 0 Å². The Morgan fingerprint density at radius 1 is 1.38 bits per heavy atom. The van der Waals surface area contributed by atoms with Gasteiger partial charge in [-0.2, -0.15) is 0 Å². The third-order valence-electron chi connectivity index (χ3n) is 2.29. The molecule has 2 rings (SSSR count). The van der Waals surface area contributed by atoms with Crippen molar-refractivity contribution in [3.63, 3.8) is 0 Å². The minimum Gasteiger partial charge on any atom is -0.426 e. The van der Waals surface area contributed by atoms with Crippen molar-refractivity contribution in [1.29, 1.82) is 0 Å². The Labute approximate surface area is 76.0 Å². The Hall–Kier alpha value is -1.35. The number of carbonyl (C=O) groups excluding carboxylic acids is 1. The summed E-state index contributed by atoms with van der Waals surface area (Å²) < 4.78 is 5.02. The molecule has 0 aromatic heterocycles. The highest BCUT2D eigenvalue weighted by Gasteiger charge is 2.32. The second-order valence-corrected chi connectivity index (χ2v) is 3.19. The zero-order valence-corrected chi connectivity index (χ0v) is 7.23. The predicted octanol–water partition coefficient (Wildman–Crippen LogP) is 1.28. The highest BCUT2D eigenvalue weighted by molar-refractivity contribution is 5.78. The zero-order chi connectivity index (χ0) is 9.42. The van der Waals surface area contributed by atoms with Crippen molar-refractivity contribution in [2.24, 2.45) is 5.92 Å². The number of fused-ring (bicyclic) bond motifs is 1. The number of para-hydroxylation sites is 1. The Bertz CT molecular complexity index is 346. The summed E-state index contributed by atoms with van der Waals surface area (Å²) in [6, 6.07) is 7.04. The molecule has 0 amide bonds. The second-order valence-electron chi connectivity index (χ2n) is 3.19. The van der Waals surface area contributed by atoms with E-state index >= 15 is 0 Å². The molecule has 0 aliphatic carbocycles. The number of aliphatic hydroxyl groups excluding tert-OH is 1. The quantitative estimate of drug-likeness (QED) is 0.480. The van der Waals surface area contributed by atoms with Crippen molar-refractivity contribution in [2.75, 3.05) is 0 Å². The maximum atomic E-state index is 11.2. The summed E-state index contributed by atoms with van der Waals surface area (Å²) in [7, 11) is 0. The Balaban J connectivity index is 2.49. The molecule has 68 valence electrons. The fraction of sp³-hybridized carbons (Fsp3) is 0.300. The molecule has 3 heteroatoms. The largest absolute Gasteiger partial charge is 0.426 e. The van der Waals surface area contributed by atoms with Gasteiger partial charge in [-0.3, -0.25) is 4.79 Å². The van der Waals surface area contributed by atoms with Gasteiger partial charge in [0, 0.05) is 5.56 Å². The number of rotatable bonds is 0. The third-order valence-corrected chi connectivity index (χ3v) is 2.29. The van der Waals surface area contributed by atoms with Crippen LogP contribution in [0.5, 0.6) is 5.75 Å². The monoisotopic (exact) mass is 178 g/mol. The molecular weight excluding hydrogens is 168 g/mol. The molecule has 0 spiro atoms. The lowest BCUT2D eigenvalue weighted by Gasteiger charge is -2.25. The first kappa shape index (κ1) is 8.26. The molecule has 2 atom stereocenters. The van der Waals surface area contributed by atoms with Crippen molar-refractivity contribution >= 4 is 5.97 Å². The lowest BCUT2D eigenvalue weighted by molar-refractivity contribution is -0.144. The van der Waals surface area contributed by atoms with Gasteiger partial charge < -0.3 is 9.84 Å². The van der Waals surface area contributed by atoms with Crippen molar-refractivity contribution in [3.8, 4) is 5.75 Å². The van der Waals surface area contributed by atoms with Gasteiger partial charge in [-0.05, 0) is 13.0 Å². The number of hydrogen-bond donors (Lipinski definition) is 1. The summed E-state index contributed by atoms with van der Waals surface area (Å²) in [5.41, 5.74) is 0.689. The predicted molar refractivity (Wildman–Crippen MR) is 46.2 cm³/mol. The van der Waals surface area contributed by atoms with Gasteiger partial charge >= 0.3 is 5.97 Å². The second kappa shape index (κ2) is 2.85. The molecule has 1 aromatic carbocycles. The van der Waals surface area contributed by atoms with E-state index in [2.05, 4.69) is 0 Å².